The summed E-state index contributed by atoms with van der Waals surface area (Å²) < 4.78 is 0. The van der Waals surface area contributed by atoms with Crippen LogP contribution in [0, 0.1) is 5.92 Å². The molecule has 0 spiro atoms. The molecular formula is C11H26Ge. The summed E-state index contributed by atoms with van der Waals surface area (Å²) in [6.07, 6.45) is 2.84. The fraction of sp³-hybridized carbons (Fsp3) is 1.00. The van der Waals surface area contributed by atoms with Gasteiger partial charge in [-0.15, -0.1) is 0 Å². The summed E-state index contributed by atoms with van der Waals surface area (Å²) >= 11 is -1.31. The van der Waals surface area contributed by atoms with Crippen LogP contribution in [0.25, 0.3) is 0 Å². The monoisotopic (exact) mass is 232 g/mol. The third-order valence-electron chi connectivity index (χ3n) is 2.61. The molecule has 0 radical (unpaired) electrons. The zero-order valence-corrected chi connectivity index (χ0v) is 11.7. The number of hydrogen-bond acceptors (Lipinski definition) is 0. The molecule has 0 aliphatic rings. The molecule has 0 aliphatic carbocycles. The Morgan fingerprint density at radius 3 is 1.67 bits per heavy atom. The van der Waals surface area contributed by atoms with Crippen molar-refractivity contribution in [1.29, 1.82) is 0 Å². The first-order chi connectivity index (χ1) is 5.54. The van der Waals surface area contributed by atoms with Crippen molar-refractivity contribution in [3.63, 3.8) is 0 Å². The Morgan fingerprint density at radius 1 is 1.00 bits per heavy atom. The molecule has 0 aliphatic heterocycles. The Labute approximate surface area is 81.5 Å². The van der Waals surface area contributed by atoms with E-state index in [1.807, 2.05) is 0 Å². The molecule has 0 bridgehead atoms. The van der Waals surface area contributed by atoms with Crippen LogP contribution in [0.1, 0.15) is 40.5 Å². The van der Waals surface area contributed by atoms with Crippen LogP contribution in [0.2, 0.25) is 21.5 Å². The molecule has 1 heteroatoms. The molecule has 0 aromatic heterocycles. The van der Waals surface area contributed by atoms with Crippen molar-refractivity contribution >= 4 is 13.3 Å². The van der Waals surface area contributed by atoms with Gasteiger partial charge in [0.2, 0.25) is 0 Å². The summed E-state index contributed by atoms with van der Waals surface area (Å²) in [6, 6.07) is 0. The average molecular weight is 231 g/mol. The Balaban J connectivity index is 3.98. The van der Waals surface area contributed by atoms with Gasteiger partial charge in [-0.2, -0.15) is 0 Å². The topological polar surface area (TPSA) is 0 Å². The summed E-state index contributed by atoms with van der Waals surface area (Å²) in [7, 11) is 0. The van der Waals surface area contributed by atoms with Gasteiger partial charge in [0.15, 0.2) is 0 Å². The van der Waals surface area contributed by atoms with E-state index >= 15 is 0 Å². The minimum atomic E-state index is -1.31. The molecule has 0 rings (SSSR count). The van der Waals surface area contributed by atoms with Crippen molar-refractivity contribution in [1.82, 2.24) is 0 Å². The quantitative estimate of drug-likeness (QED) is 0.588. The summed E-state index contributed by atoms with van der Waals surface area (Å²) in [5.41, 5.74) is 0. The molecule has 0 fully saturated rings. The molecule has 0 saturated carbocycles. The summed E-state index contributed by atoms with van der Waals surface area (Å²) in [4.78, 5) is 0. The van der Waals surface area contributed by atoms with E-state index in [9.17, 15) is 0 Å². The van der Waals surface area contributed by atoms with Gasteiger partial charge < -0.3 is 0 Å². The van der Waals surface area contributed by atoms with Gasteiger partial charge in [0.1, 0.15) is 0 Å². The van der Waals surface area contributed by atoms with Crippen LogP contribution in [0.3, 0.4) is 0 Å². The molecule has 0 unspecified atom stereocenters. The number of hydrogen-bond donors (Lipinski definition) is 0. The molecular weight excluding hydrogens is 205 g/mol. The average Bonchev–Trinajstić information content (AvgIpc) is 1.85. The van der Waals surface area contributed by atoms with E-state index in [1.54, 1.807) is 15.8 Å². The van der Waals surface area contributed by atoms with E-state index in [-0.39, 0.29) is 0 Å². The van der Waals surface area contributed by atoms with Crippen LogP contribution >= 0.6 is 0 Å². The van der Waals surface area contributed by atoms with Crippen LogP contribution in [0.5, 0.6) is 0 Å². The summed E-state index contributed by atoms with van der Waals surface area (Å²) in [6.45, 7) is 9.46. The normalized spacial score (nSPS) is 12.5. The van der Waals surface area contributed by atoms with Gasteiger partial charge in [0.25, 0.3) is 0 Å². The van der Waals surface area contributed by atoms with Gasteiger partial charge in [0.05, 0.1) is 0 Å². The first-order valence-corrected chi connectivity index (χ1v) is 12.1. The second kappa shape index (κ2) is 6.07. The second-order valence-corrected chi connectivity index (χ2v) is 15.5. The third kappa shape index (κ3) is 5.23. The van der Waals surface area contributed by atoms with Crippen molar-refractivity contribution < 1.29 is 0 Å². The minimum absolute atomic E-state index is 0.938. The summed E-state index contributed by atoms with van der Waals surface area (Å²) in [5.74, 6) is 3.58. The molecule has 0 atom stereocenters. The van der Waals surface area contributed by atoms with Gasteiger partial charge in [-0.25, -0.2) is 0 Å². The number of rotatable bonds is 6. The van der Waals surface area contributed by atoms with Crippen LogP contribution in [0.15, 0.2) is 0 Å². The Kier molecular flexibility index (Phi) is 6.34. The van der Waals surface area contributed by atoms with E-state index in [4.69, 9.17) is 0 Å². The molecule has 0 aromatic rings. The molecule has 0 amide bonds. The first-order valence-electron chi connectivity index (χ1n) is 5.54. The predicted molar refractivity (Wildman–Crippen MR) is 61.5 cm³/mol. The second-order valence-electron chi connectivity index (χ2n) is 4.91. The maximum atomic E-state index is 2.65. The SMILES string of the molecule is CC[CH2][Ge]([CH3])([CH2]CC)[CH2]C(C)C. The van der Waals surface area contributed by atoms with Crippen molar-refractivity contribution in [3.8, 4) is 0 Å². The van der Waals surface area contributed by atoms with Crippen LogP contribution < -0.4 is 0 Å². The van der Waals surface area contributed by atoms with Crippen molar-refractivity contribution in [2.24, 2.45) is 5.92 Å². The third-order valence-corrected chi connectivity index (χ3v) is 13.6. The van der Waals surface area contributed by atoms with E-state index in [1.165, 1.54) is 12.8 Å². The fourth-order valence-corrected chi connectivity index (χ4v) is 13.1. The first kappa shape index (κ1) is 12.5. The van der Waals surface area contributed by atoms with E-state index in [0.29, 0.717) is 0 Å². The van der Waals surface area contributed by atoms with E-state index in [0.717, 1.165) is 5.92 Å². The van der Waals surface area contributed by atoms with Gasteiger partial charge in [-0.3, -0.25) is 0 Å². The van der Waals surface area contributed by atoms with Crippen LogP contribution in [0.4, 0.5) is 0 Å². The molecule has 0 saturated heterocycles. The van der Waals surface area contributed by atoms with Gasteiger partial charge in [-0.05, 0) is 0 Å². The van der Waals surface area contributed by atoms with Crippen molar-refractivity contribution in [2.45, 2.75) is 62.1 Å². The Morgan fingerprint density at radius 2 is 1.42 bits per heavy atom. The zero-order chi connectivity index (χ0) is 9.61. The van der Waals surface area contributed by atoms with Crippen LogP contribution in [-0.2, 0) is 0 Å². The zero-order valence-electron chi connectivity index (χ0n) is 9.61. The maximum absolute atomic E-state index is 2.65. The molecule has 0 nitrogen and oxygen atoms in total. The molecule has 12 heavy (non-hydrogen) atoms. The van der Waals surface area contributed by atoms with E-state index in [2.05, 4.69) is 33.5 Å². The fourth-order valence-electron chi connectivity index (χ4n) is 2.52. The molecule has 0 heterocycles. The Bertz CT molecular complexity index is 102. The predicted octanol–water partition coefficient (Wildman–Crippen LogP) is 4.54. The molecule has 74 valence electrons. The summed E-state index contributed by atoms with van der Waals surface area (Å²) in [5, 5.41) is 4.76. The van der Waals surface area contributed by atoms with Gasteiger partial charge >= 0.3 is 81.2 Å². The van der Waals surface area contributed by atoms with E-state index < -0.39 is 13.3 Å². The molecule has 0 aromatic carbocycles. The van der Waals surface area contributed by atoms with Gasteiger partial charge in [-0.1, -0.05) is 0 Å². The standard InChI is InChI=1S/C11H26Ge/c1-6-8-12(5,9-7-2)10-11(3)4/h11H,6-10H2,1-5H3. The van der Waals surface area contributed by atoms with Crippen molar-refractivity contribution in [2.75, 3.05) is 0 Å². The van der Waals surface area contributed by atoms with Gasteiger partial charge in [0, 0.05) is 0 Å². The van der Waals surface area contributed by atoms with Crippen molar-refractivity contribution in [3.05, 3.63) is 0 Å². The molecule has 0 N–H and O–H groups in total. The van der Waals surface area contributed by atoms with Crippen LogP contribution in [-0.4, -0.2) is 13.3 Å². The Hall–Kier alpha value is 0.543.